The molecule has 132 valence electrons. The molecule has 1 aromatic heterocycles. The van der Waals surface area contributed by atoms with Crippen LogP contribution in [0.3, 0.4) is 0 Å². The van der Waals surface area contributed by atoms with Crippen molar-refractivity contribution in [2.45, 2.75) is 6.54 Å². The fourth-order valence-electron chi connectivity index (χ4n) is 2.28. The van der Waals surface area contributed by atoms with E-state index in [0.717, 1.165) is 5.56 Å². The molecule has 7 nitrogen and oxygen atoms in total. The average Bonchev–Trinajstić information content (AvgIpc) is 2.96. The molecule has 9 heteroatoms. The molecule has 0 unspecified atom stereocenters. The van der Waals surface area contributed by atoms with E-state index in [9.17, 15) is 14.9 Å². The molecule has 0 saturated heterocycles. The van der Waals surface area contributed by atoms with Crippen molar-refractivity contribution < 1.29 is 9.72 Å². The Morgan fingerprint density at radius 3 is 2.58 bits per heavy atom. The first-order valence-corrected chi connectivity index (χ1v) is 8.63. The highest BCUT2D eigenvalue weighted by molar-refractivity contribution is 9.10. The molecule has 0 bridgehead atoms. The number of hydrogen-bond acceptors (Lipinski definition) is 4. The molecular formula is C17H12BrClN4O3. The van der Waals surface area contributed by atoms with Gasteiger partial charge in [0.05, 0.1) is 15.9 Å². The van der Waals surface area contributed by atoms with Crippen LogP contribution in [0.2, 0.25) is 5.02 Å². The van der Waals surface area contributed by atoms with Crippen LogP contribution in [0.1, 0.15) is 15.9 Å². The van der Waals surface area contributed by atoms with Gasteiger partial charge in [0.2, 0.25) is 0 Å². The topological polar surface area (TPSA) is 90.1 Å². The van der Waals surface area contributed by atoms with Crippen molar-refractivity contribution in [2.24, 2.45) is 0 Å². The predicted octanol–water partition coefficient (Wildman–Crippen LogP) is 4.51. The third-order valence-corrected chi connectivity index (χ3v) is 4.53. The lowest BCUT2D eigenvalue weighted by molar-refractivity contribution is -0.384. The minimum Gasteiger partial charge on any atom is -0.304 e. The van der Waals surface area contributed by atoms with Gasteiger partial charge in [0.25, 0.3) is 11.6 Å². The van der Waals surface area contributed by atoms with Gasteiger partial charge >= 0.3 is 0 Å². The fourth-order valence-corrected chi connectivity index (χ4v) is 2.89. The van der Waals surface area contributed by atoms with Crippen LogP contribution < -0.4 is 5.32 Å². The van der Waals surface area contributed by atoms with E-state index in [1.54, 1.807) is 16.9 Å². The van der Waals surface area contributed by atoms with Crippen LogP contribution in [0.4, 0.5) is 11.5 Å². The number of nitro benzene ring substituents is 1. The van der Waals surface area contributed by atoms with Crippen molar-refractivity contribution >= 4 is 44.9 Å². The molecule has 1 heterocycles. The number of hydrogen-bond donors (Lipinski definition) is 1. The summed E-state index contributed by atoms with van der Waals surface area (Å²) in [5.41, 5.74) is 1.12. The second-order valence-electron chi connectivity index (χ2n) is 5.37. The zero-order valence-electron chi connectivity index (χ0n) is 13.2. The van der Waals surface area contributed by atoms with E-state index < -0.39 is 10.8 Å². The number of nitrogens with zero attached hydrogens (tertiary/aromatic N) is 3. The van der Waals surface area contributed by atoms with Crippen LogP contribution >= 0.6 is 27.5 Å². The number of anilines is 1. The van der Waals surface area contributed by atoms with Crippen LogP contribution in [0.5, 0.6) is 0 Å². The van der Waals surface area contributed by atoms with E-state index in [-0.39, 0.29) is 5.69 Å². The van der Waals surface area contributed by atoms with Gasteiger partial charge in [-0.15, -0.1) is 0 Å². The molecule has 0 aliphatic heterocycles. The molecular weight excluding hydrogens is 424 g/mol. The van der Waals surface area contributed by atoms with E-state index in [2.05, 4.69) is 26.3 Å². The van der Waals surface area contributed by atoms with Gasteiger partial charge in [0.1, 0.15) is 0 Å². The van der Waals surface area contributed by atoms with Crippen molar-refractivity contribution in [1.29, 1.82) is 0 Å². The minimum absolute atomic E-state index is 0.0771. The highest BCUT2D eigenvalue weighted by Crippen LogP contribution is 2.23. The second-order valence-corrected chi connectivity index (χ2v) is 6.63. The maximum absolute atomic E-state index is 12.3. The van der Waals surface area contributed by atoms with Crippen LogP contribution in [0, 0.1) is 10.1 Å². The minimum atomic E-state index is -0.519. The van der Waals surface area contributed by atoms with Crippen LogP contribution in [-0.2, 0) is 6.54 Å². The van der Waals surface area contributed by atoms with Crippen LogP contribution in [0.15, 0.2) is 59.2 Å². The van der Waals surface area contributed by atoms with E-state index in [4.69, 9.17) is 11.6 Å². The molecule has 0 radical (unpaired) electrons. The first-order valence-electron chi connectivity index (χ1n) is 7.46. The van der Waals surface area contributed by atoms with Gasteiger partial charge in [-0.2, -0.15) is 5.10 Å². The van der Waals surface area contributed by atoms with Gasteiger partial charge in [-0.05, 0) is 39.7 Å². The van der Waals surface area contributed by atoms with Gasteiger partial charge in [-0.25, -0.2) is 0 Å². The monoisotopic (exact) mass is 434 g/mol. The lowest BCUT2D eigenvalue weighted by Crippen LogP contribution is -2.13. The number of halogens is 2. The average molecular weight is 436 g/mol. The summed E-state index contributed by atoms with van der Waals surface area (Å²) in [7, 11) is 0. The van der Waals surface area contributed by atoms with Crippen LogP contribution in [0.25, 0.3) is 0 Å². The first kappa shape index (κ1) is 18.1. The molecule has 2 aromatic carbocycles. The number of carbonyl (C=O) groups excluding carboxylic acids is 1. The Morgan fingerprint density at radius 1 is 1.23 bits per heavy atom. The predicted molar refractivity (Wildman–Crippen MR) is 102 cm³/mol. The highest BCUT2D eigenvalue weighted by atomic mass is 79.9. The summed E-state index contributed by atoms with van der Waals surface area (Å²) in [6.45, 7) is 0.450. The molecule has 1 N–H and O–H groups in total. The third-order valence-electron chi connectivity index (χ3n) is 3.58. The standard InChI is InChI=1S/C17H12BrClN4O3/c18-14-10-22(9-12-3-1-2-4-15(12)19)21-16(14)20-17(24)11-5-7-13(8-6-11)23(25)26/h1-8,10H,9H2,(H,20,21,24). The molecule has 3 aromatic rings. The molecule has 3 rings (SSSR count). The zero-order valence-corrected chi connectivity index (χ0v) is 15.6. The number of amides is 1. The van der Waals surface area contributed by atoms with Gasteiger partial charge in [-0.3, -0.25) is 19.6 Å². The summed E-state index contributed by atoms with van der Waals surface area (Å²) >= 11 is 9.51. The number of rotatable bonds is 5. The van der Waals surface area contributed by atoms with E-state index >= 15 is 0 Å². The zero-order chi connectivity index (χ0) is 18.7. The highest BCUT2D eigenvalue weighted by Gasteiger charge is 2.14. The number of nitrogens with one attached hydrogen (secondary N) is 1. The third kappa shape index (κ3) is 4.09. The number of carbonyl (C=O) groups is 1. The van der Waals surface area contributed by atoms with Crippen LogP contribution in [-0.4, -0.2) is 20.6 Å². The van der Waals surface area contributed by atoms with Gasteiger partial charge in [-0.1, -0.05) is 29.8 Å². The molecule has 0 atom stereocenters. The molecule has 0 saturated carbocycles. The van der Waals surface area contributed by atoms with Crippen molar-refractivity contribution in [3.63, 3.8) is 0 Å². The lowest BCUT2D eigenvalue weighted by atomic mass is 10.2. The van der Waals surface area contributed by atoms with Gasteiger partial charge in [0.15, 0.2) is 5.82 Å². The molecule has 26 heavy (non-hydrogen) atoms. The Hall–Kier alpha value is -2.71. The fraction of sp³-hybridized carbons (Fsp3) is 0.0588. The number of nitro groups is 1. The maximum atomic E-state index is 12.3. The summed E-state index contributed by atoms with van der Waals surface area (Å²) in [6, 6.07) is 12.8. The van der Waals surface area contributed by atoms with Crippen molar-refractivity contribution in [2.75, 3.05) is 5.32 Å². The summed E-state index contributed by atoms with van der Waals surface area (Å²) in [4.78, 5) is 22.4. The molecule has 1 amide bonds. The molecule has 0 aliphatic carbocycles. The summed E-state index contributed by atoms with van der Waals surface area (Å²) in [6.07, 6.45) is 1.73. The lowest BCUT2D eigenvalue weighted by Gasteiger charge is -2.04. The van der Waals surface area contributed by atoms with Crippen molar-refractivity contribution in [1.82, 2.24) is 9.78 Å². The van der Waals surface area contributed by atoms with Crippen molar-refractivity contribution in [3.8, 4) is 0 Å². The Kier molecular flexibility index (Phi) is 5.34. The Bertz CT molecular complexity index is 972. The smallest absolute Gasteiger partial charge is 0.269 e. The van der Waals surface area contributed by atoms with Gasteiger partial charge < -0.3 is 5.32 Å². The first-order chi connectivity index (χ1) is 12.4. The van der Waals surface area contributed by atoms with E-state index in [1.807, 2.05) is 18.2 Å². The molecule has 0 spiro atoms. The number of aromatic nitrogens is 2. The Labute approximate surface area is 161 Å². The summed E-state index contributed by atoms with van der Waals surface area (Å²) in [5.74, 6) is -0.0657. The number of benzene rings is 2. The normalized spacial score (nSPS) is 10.5. The second kappa shape index (κ2) is 7.67. The largest absolute Gasteiger partial charge is 0.304 e. The van der Waals surface area contributed by atoms with E-state index in [0.29, 0.717) is 27.4 Å². The Balaban J connectivity index is 1.74. The quantitative estimate of drug-likeness (QED) is 0.472. The summed E-state index contributed by atoms with van der Waals surface area (Å²) in [5, 5.41) is 18.3. The van der Waals surface area contributed by atoms with E-state index in [1.165, 1.54) is 24.3 Å². The Morgan fingerprint density at radius 2 is 1.92 bits per heavy atom. The maximum Gasteiger partial charge on any atom is 0.269 e. The molecule has 0 aliphatic rings. The summed E-state index contributed by atoms with van der Waals surface area (Å²) < 4.78 is 2.26. The number of non-ortho nitro benzene ring substituents is 1. The SMILES string of the molecule is O=C(Nc1nn(Cc2ccccc2Cl)cc1Br)c1ccc([N+](=O)[O-])cc1. The van der Waals surface area contributed by atoms with Gasteiger partial charge in [0, 0.05) is 28.9 Å². The van der Waals surface area contributed by atoms with Crippen molar-refractivity contribution in [3.05, 3.63) is 85.5 Å². The molecule has 0 fully saturated rings.